The number of hydrogen-bond acceptors (Lipinski definition) is 4. The van der Waals surface area contributed by atoms with Gasteiger partial charge in [0.25, 0.3) is 0 Å². The van der Waals surface area contributed by atoms with E-state index in [1.807, 2.05) is 4.90 Å². The SMILES string of the molecule is O=C(O)CN(CCOCCO)CC1CC1. The fourth-order valence-electron chi connectivity index (χ4n) is 1.45. The molecule has 1 rings (SSSR count). The summed E-state index contributed by atoms with van der Waals surface area (Å²) in [6.45, 7) is 2.39. The van der Waals surface area contributed by atoms with Crippen LogP contribution in [-0.4, -0.2) is 60.5 Å². The van der Waals surface area contributed by atoms with Crippen molar-refractivity contribution in [3.63, 3.8) is 0 Å². The van der Waals surface area contributed by atoms with Crippen LogP contribution in [0.3, 0.4) is 0 Å². The Bertz CT molecular complexity index is 194. The third-order valence-corrected chi connectivity index (χ3v) is 2.36. The highest BCUT2D eigenvalue weighted by Gasteiger charge is 2.24. The minimum atomic E-state index is -0.794. The molecule has 0 heterocycles. The van der Waals surface area contributed by atoms with E-state index in [4.69, 9.17) is 14.9 Å². The summed E-state index contributed by atoms with van der Waals surface area (Å²) in [5.41, 5.74) is 0. The van der Waals surface area contributed by atoms with Gasteiger partial charge in [0.2, 0.25) is 0 Å². The zero-order valence-corrected chi connectivity index (χ0v) is 8.89. The Hall–Kier alpha value is -0.650. The average Bonchev–Trinajstić information content (AvgIpc) is 2.95. The van der Waals surface area contributed by atoms with E-state index < -0.39 is 5.97 Å². The number of aliphatic hydroxyl groups excluding tert-OH is 1. The summed E-state index contributed by atoms with van der Waals surface area (Å²) in [5.74, 6) is -0.111. The maximum absolute atomic E-state index is 10.6. The van der Waals surface area contributed by atoms with Gasteiger partial charge in [0.1, 0.15) is 0 Å². The first-order valence-electron chi connectivity index (χ1n) is 5.35. The fourth-order valence-corrected chi connectivity index (χ4v) is 1.45. The molecule has 2 N–H and O–H groups in total. The van der Waals surface area contributed by atoms with Crippen LogP contribution in [-0.2, 0) is 9.53 Å². The van der Waals surface area contributed by atoms with E-state index in [9.17, 15) is 4.79 Å². The monoisotopic (exact) mass is 217 g/mol. The van der Waals surface area contributed by atoms with Gasteiger partial charge in [0.05, 0.1) is 26.4 Å². The van der Waals surface area contributed by atoms with E-state index in [-0.39, 0.29) is 13.2 Å². The van der Waals surface area contributed by atoms with Crippen LogP contribution in [0.25, 0.3) is 0 Å². The second-order valence-corrected chi connectivity index (χ2v) is 3.91. The van der Waals surface area contributed by atoms with Crippen molar-refractivity contribution in [1.82, 2.24) is 4.90 Å². The van der Waals surface area contributed by atoms with Gasteiger partial charge in [-0.05, 0) is 18.8 Å². The van der Waals surface area contributed by atoms with Crippen LogP contribution in [0, 0.1) is 5.92 Å². The second kappa shape index (κ2) is 6.76. The maximum Gasteiger partial charge on any atom is 0.317 e. The number of aliphatic hydroxyl groups is 1. The molecule has 1 saturated carbocycles. The first-order valence-corrected chi connectivity index (χ1v) is 5.35. The second-order valence-electron chi connectivity index (χ2n) is 3.91. The number of carboxylic acids is 1. The Labute approximate surface area is 89.6 Å². The molecule has 1 aliphatic carbocycles. The fraction of sp³-hybridized carbons (Fsp3) is 0.900. The lowest BCUT2D eigenvalue weighted by atomic mass is 10.3. The molecule has 1 fully saturated rings. The van der Waals surface area contributed by atoms with E-state index in [0.717, 1.165) is 6.54 Å². The molecule has 0 aromatic carbocycles. The Morgan fingerprint density at radius 1 is 1.40 bits per heavy atom. The molecule has 0 aromatic heterocycles. The minimum absolute atomic E-state index is 0.0154. The predicted octanol–water partition coefficient (Wildman–Crippen LogP) is -0.208. The van der Waals surface area contributed by atoms with Crippen molar-refractivity contribution in [3.05, 3.63) is 0 Å². The Kier molecular flexibility index (Phi) is 5.60. The molecule has 0 saturated heterocycles. The average molecular weight is 217 g/mol. The highest BCUT2D eigenvalue weighted by molar-refractivity contribution is 5.69. The number of nitrogens with zero attached hydrogens (tertiary/aromatic N) is 1. The molecule has 15 heavy (non-hydrogen) atoms. The number of ether oxygens (including phenoxy) is 1. The van der Waals surface area contributed by atoms with Crippen molar-refractivity contribution >= 4 is 5.97 Å². The summed E-state index contributed by atoms with van der Waals surface area (Å²) in [5, 5.41) is 17.2. The van der Waals surface area contributed by atoms with Gasteiger partial charge in [-0.25, -0.2) is 0 Å². The van der Waals surface area contributed by atoms with Crippen molar-refractivity contribution in [3.8, 4) is 0 Å². The molecule has 0 aliphatic heterocycles. The van der Waals surface area contributed by atoms with Crippen LogP contribution >= 0.6 is 0 Å². The van der Waals surface area contributed by atoms with Crippen molar-refractivity contribution < 1.29 is 19.7 Å². The normalized spacial score (nSPS) is 15.9. The summed E-state index contributed by atoms with van der Waals surface area (Å²) >= 11 is 0. The van der Waals surface area contributed by atoms with Gasteiger partial charge in [-0.15, -0.1) is 0 Å². The van der Waals surface area contributed by atoms with Gasteiger partial charge in [0.15, 0.2) is 0 Å². The molecule has 1 aliphatic rings. The van der Waals surface area contributed by atoms with Crippen LogP contribution < -0.4 is 0 Å². The molecule has 5 heteroatoms. The van der Waals surface area contributed by atoms with Crippen molar-refractivity contribution in [2.75, 3.05) is 39.5 Å². The van der Waals surface area contributed by atoms with E-state index in [1.165, 1.54) is 12.8 Å². The molecular weight excluding hydrogens is 198 g/mol. The molecule has 0 spiro atoms. The highest BCUT2D eigenvalue weighted by Crippen LogP contribution is 2.29. The molecule has 0 bridgehead atoms. The summed E-state index contributed by atoms with van der Waals surface area (Å²) in [7, 11) is 0. The third kappa shape index (κ3) is 6.43. The summed E-state index contributed by atoms with van der Waals surface area (Å²) in [6, 6.07) is 0. The standard InChI is InChI=1S/C10H19NO4/c12-4-6-15-5-3-11(8-10(13)14)7-9-1-2-9/h9,12H,1-8H2,(H,13,14). The lowest BCUT2D eigenvalue weighted by molar-refractivity contribution is -0.138. The van der Waals surface area contributed by atoms with Gasteiger partial charge in [0, 0.05) is 13.1 Å². The van der Waals surface area contributed by atoms with Gasteiger partial charge in [-0.3, -0.25) is 9.69 Å². The topological polar surface area (TPSA) is 70.0 Å². The van der Waals surface area contributed by atoms with Crippen molar-refractivity contribution in [1.29, 1.82) is 0 Å². The third-order valence-electron chi connectivity index (χ3n) is 2.36. The molecule has 5 nitrogen and oxygen atoms in total. The first kappa shape index (κ1) is 12.4. The Morgan fingerprint density at radius 3 is 2.67 bits per heavy atom. The summed E-state index contributed by atoms with van der Waals surface area (Å²) in [4.78, 5) is 12.5. The highest BCUT2D eigenvalue weighted by atomic mass is 16.5. The lowest BCUT2D eigenvalue weighted by Crippen LogP contribution is -2.34. The minimum Gasteiger partial charge on any atom is -0.480 e. The zero-order valence-electron chi connectivity index (χ0n) is 8.89. The summed E-state index contributed by atoms with van der Waals surface area (Å²) in [6.07, 6.45) is 2.43. The van der Waals surface area contributed by atoms with Gasteiger partial charge in [-0.1, -0.05) is 0 Å². The molecule has 0 amide bonds. The summed E-state index contributed by atoms with van der Waals surface area (Å²) < 4.78 is 5.11. The van der Waals surface area contributed by atoms with Gasteiger partial charge < -0.3 is 14.9 Å². The molecule has 0 unspecified atom stereocenters. The molecule has 0 radical (unpaired) electrons. The van der Waals surface area contributed by atoms with E-state index in [0.29, 0.717) is 25.7 Å². The lowest BCUT2D eigenvalue weighted by Gasteiger charge is -2.19. The van der Waals surface area contributed by atoms with Gasteiger partial charge in [-0.2, -0.15) is 0 Å². The Balaban J connectivity index is 2.12. The van der Waals surface area contributed by atoms with E-state index in [1.54, 1.807) is 0 Å². The van der Waals surface area contributed by atoms with E-state index in [2.05, 4.69) is 0 Å². The smallest absolute Gasteiger partial charge is 0.317 e. The number of aliphatic carboxylic acids is 1. The quantitative estimate of drug-likeness (QED) is 0.523. The number of rotatable bonds is 9. The largest absolute Gasteiger partial charge is 0.480 e. The predicted molar refractivity (Wildman–Crippen MR) is 54.7 cm³/mol. The van der Waals surface area contributed by atoms with Crippen LogP contribution in [0.1, 0.15) is 12.8 Å². The molecule has 88 valence electrons. The van der Waals surface area contributed by atoms with Crippen LogP contribution in [0.4, 0.5) is 0 Å². The van der Waals surface area contributed by atoms with E-state index >= 15 is 0 Å². The molecular formula is C10H19NO4. The zero-order chi connectivity index (χ0) is 11.1. The molecule has 0 atom stereocenters. The van der Waals surface area contributed by atoms with Crippen molar-refractivity contribution in [2.45, 2.75) is 12.8 Å². The van der Waals surface area contributed by atoms with Crippen LogP contribution in [0.15, 0.2) is 0 Å². The number of carbonyl (C=O) groups is 1. The maximum atomic E-state index is 10.6. The number of hydrogen-bond donors (Lipinski definition) is 2. The Morgan fingerprint density at radius 2 is 2.13 bits per heavy atom. The van der Waals surface area contributed by atoms with Crippen LogP contribution in [0.5, 0.6) is 0 Å². The van der Waals surface area contributed by atoms with Gasteiger partial charge >= 0.3 is 5.97 Å². The molecule has 0 aromatic rings. The first-order chi connectivity index (χ1) is 7.22. The van der Waals surface area contributed by atoms with Crippen molar-refractivity contribution in [2.24, 2.45) is 5.92 Å². The number of carboxylic acid groups (broad SMARTS) is 1. The van der Waals surface area contributed by atoms with Crippen LogP contribution in [0.2, 0.25) is 0 Å².